The second kappa shape index (κ2) is 6.23. The first-order valence-electron chi connectivity index (χ1n) is 6.00. The van der Waals surface area contributed by atoms with Gasteiger partial charge in [-0.3, -0.25) is 0 Å². The quantitative estimate of drug-likeness (QED) is 0.858. The van der Waals surface area contributed by atoms with Crippen LogP contribution in [-0.4, -0.2) is 25.1 Å². The Balaban J connectivity index is 2.81. The molecule has 21 heavy (non-hydrogen) atoms. The molecule has 0 bridgehead atoms. The summed E-state index contributed by atoms with van der Waals surface area (Å²) in [6.45, 7) is 2.60. The highest BCUT2D eigenvalue weighted by Crippen LogP contribution is 2.36. The second-order valence-corrected chi connectivity index (χ2v) is 4.76. The summed E-state index contributed by atoms with van der Waals surface area (Å²) in [5, 5.41) is 0. The van der Waals surface area contributed by atoms with Gasteiger partial charge in [-0.05, 0) is 25.0 Å². The van der Waals surface area contributed by atoms with Crippen molar-refractivity contribution in [2.75, 3.05) is 6.61 Å². The lowest BCUT2D eigenvalue weighted by molar-refractivity contribution is -0.322. The zero-order chi connectivity index (χ0) is 16.4. The Morgan fingerprint density at radius 2 is 1.57 bits per heavy atom. The minimum absolute atomic E-state index is 0.448. The number of hydrogen-bond donors (Lipinski definition) is 1. The number of nitrogens with two attached hydrogens (primary N) is 1. The number of ether oxygens (including phenoxy) is 1. The molecule has 0 heterocycles. The number of alkyl halides is 6. The van der Waals surface area contributed by atoms with E-state index in [1.807, 2.05) is 6.92 Å². The zero-order valence-corrected chi connectivity index (χ0v) is 11.3. The van der Waals surface area contributed by atoms with Gasteiger partial charge in [0.2, 0.25) is 6.10 Å². The average molecular weight is 315 g/mol. The third-order valence-electron chi connectivity index (χ3n) is 2.86. The van der Waals surface area contributed by atoms with Crippen molar-refractivity contribution in [3.05, 3.63) is 34.9 Å². The summed E-state index contributed by atoms with van der Waals surface area (Å²) in [5.41, 5.74) is 7.66. The van der Waals surface area contributed by atoms with Crippen molar-refractivity contribution in [3.8, 4) is 0 Å². The SMILES string of the molecule is Cc1ccc(C(N)COC(C(F)(F)F)C(F)(F)F)c(C)c1. The van der Waals surface area contributed by atoms with Gasteiger partial charge in [-0.25, -0.2) is 0 Å². The van der Waals surface area contributed by atoms with E-state index in [1.165, 1.54) is 0 Å². The largest absolute Gasteiger partial charge is 0.423 e. The van der Waals surface area contributed by atoms with Gasteiger partial charge in [0.25, 0.3) is 0 Å². The predicted molar refractivity (Wildman–Crippen MR) is 64.7 cm³/mol. The van der Waals surface area contributed by atoms with Gasteiger partial charge in [0.1, 0.15) is 0 Å². The van der Waals surface area contributed by atoms with E-state index in [0.29, 0.717) is 11.1 Å². The molecule has 0 aliphatic heterocycles. The van der Waals surface area contributed by atoms with Gasteiger partial charge >= 0.3 is 12.4 Å². The molecule has 0 amide bonds. The maximum atomic E-state index is 12.3. The van der Waals surface area contributed by atoms with Crippen molar-refractivity contribution >= 4 is 0 Å². The van der Waals surface area contributed by atoms with Gasteiger partial charge in [0.15, 0.2) is 0 Å². The molecule has 0 saturated carbocycles. The molecular weight excluding hydrogens is 300 g/mol. The van der Waals surface area contributed by atoms with E-state index < -0.39 is 31.1 Å². The first-order valence-corrected chi connectivity index (χ1v) is 6.00. The van der Waals surface area contributed by atoms with Crippen molar-refractivity contribution in [2.24, 2.45) is 5.73 Å². The molecule has 1 aromatic rings. The van der Waals surface area contributed by atoms with Crippen LogP contribution < -0.4 is 5.73 Å². The van der Waals surface area contributed by atoms with E-state index in [2.05, 4.69) is 4.74 Å². The Bertz CT molecular complexity index is 469. The molecule has 120 valence electrons. The van der Waals surface area contributed by atoms with Crippen molar-refractivity contribution < 1.29 is 31.1 Å². The lowest BCUT2D eigenvalue weighted by atomic mass is 10.0. The van der Waals surface area contributed by atoms with Crippen molar-refractivity contribution in [1.29, 1.82) is 0 Å². The standard InChI is InChI=1S/C13H15F6NO/c1-7-3-4-9(8(2)5-7)10(20)6-21-11(12(14,15)16)13(17,18)19/h3-5,10-11H,6,20H2,1-2H3. The van der Waals surface area contributed by atoms with Crippen LogP contribution in [0.25, 0.3) is 0 Å². The summed E-state index contributed by atoms with van der Waals surface area (Å²) >= 11 is 0. The summed E-state index contributed by atoms with van der Waals surface area (Å²) in [5.74, 6) is 0. The van der Waals surface area contributed by atoms with Crippen LogP contribution in [0.2, 0.25) is 0 Å². The van der Waals surface area contributed by atoms with Crippen LogP contribution in [0.15, 0.2) is 18.2 Å². The molecule has 2 N–H and O–H groups in total. The van der Waals surface area contributed by atoms with Gasteiger partial charge in [-0.2, -0.15) is 26.3 Å². The number of hydrogen-bond acceptors (Lipinski definition) is 2. The van der Waals surface area contributed by atoms with E-state index in [4.69, 9.17) is 5.73 Å². The highest BCUT2D eigenvalue weighted by Gasteiger charge is 2.58. The fourth-order valence-corrected chi connectivity index (χ4v) is 1.91. The van der Waals surface area contributed by atoms with Gasteiger partial charge in [0.05, 0.1) is 12.6 Å². The van der Waals surface area contributed by atoms with Crippen LogP contribution in [0.1, 0.15) is 22.7 Å². The normalized spacial score (nSPS) is 14.6. The molecule has 1 rings (SSSR count). The Labute approximate surface area is 117 Å². The van der Waals surface area contributed by atoms with Gasteiger partial charge in [-0.1, -0.05) is 23.8 Å². The lowest BCUT2D eigenvalue weighted by Gasteiger charge is -2.25. The second-order valence-electron chi connectivity index (χ2n) is 4.76. The molecule has 0 radical (unpaired) electrons. The van der Waals surface area contributed by atoms with E-state index in [-0.39, 0.29) is 0 Å². The van der Waals surface area contributed by atoms with Crippen molar-refractivity contribution in [1.82, 2.24) is 0 Å². The molecular formula is C13H15F6NO. The van der Waals surface area contributed by atoms with Crippen LogP contribution in [-0.2, 0) is 4.74 Å². The average Bonchev–Trinajstić information content (AvgIpc) is 2.24. The minimum Gasteiger partial charge on any atom is -0.359 e. The topological polar surface area (TPSA) is 35.2 Å². The Hall–Kier alpha value is -1.28. The Morgan fingerprint density at radius 1 is 1.05 bits per heavy atom. The van der Waals surface area contributed by atoms with E-state index in [1.54, 1.807) is 25.1 Å². The maximum absolute atomic E-state index is 12.3. The van der Waals surface area contributed by atoms with Crippen molar-refractivity contribution in [3.63, 3.8) is 0 Å². The molecule has 0 saturated heterocycles. The molecule has 0 aromatic heterocycles. The lowest BCUT2D eigenvalue weighted by Crippen LogP contribution is -2.45. The number of rotatable bonds is 4. The monoisotopic (exact) mass is 315 g/mol. The summed E-state index contributed by atoms with van der Waals surface area (Å²) in [6.07, 6.45) is -14.9. The van der Waals surface area contributed by atoms with E-state index in [9.17, 15) is 26.3 Å². The summed E-state index contributed by atoms with van der Waals surface area (Å²) in [7, 11) is 0. The minimum atomic E-state index is -5.53. The molecule has 1 aromatic carbocycles. The smallest absolute Gasteiger partial charge is 0.359 e. The Morgan fingerprint density at radius 3 is 2.00 bits per heavy atom. The highest BCUT2D eigenvalue weighted by atomic mass is 19.4. The molecule has 8 heteroatoms. The van der Waals surface area contributed by atoms with Gasteiger partial charge in [-0.15, -0.1) is 0 Å². The number of aryl methyl sites for hydroxylation is 2. The summed E-state index contributed by atoms with van der Waals surface area (Å²) in [6, 6.07) is 3.90. The number of benzene rings is 1. The molecule has 0 aliphatic rings. The maximum Gasteiger partial charge on any atom is 0.423 e. The predicted octanol–water partition coefficient (Wildman–Crippen LogP) is 3.81. The molecule has 1 unspecified atom stereocenters. The van der Waals surface area contributed by atoms with Gasteiger partial charge in [0, 0.05) is 0 Å². The van der Waals surface area contributed by atoms with Crippen molar-refractivity contribution in [2.45, 2.75) is 38.3 Å². The first kappa shape index (κ1) is 17.8. The molecule has 1 atom stereocenters. The summed E-state index contributed by atoms with van der Waals surface area (Å²) < 4.78 is 77.9. The van der Waals surface area contributed by atoms with Crippen LogP contribution in [0.3, 0.4) is 0 Å². The van der Waals surface area contributed by atoms with Gasteiger partial charge < -0.3 is 10.5 Å². The molecule has 0 aliphatic carbocycles. The molecule has 0 spiro atoms. The van der Waals surface area contributed by atoms with E-state index >= 15 is 0 Å². The summed E-state index contributed by atoms with van der Waals surface area (Å²) in [4.78, 5) is 0. The molecule has 0 fully saturated rings. The third kappa shape index (κ3) is 4.89. The fraction of sp³-hybridized carbons (Fsp3) is 0.538. The number of halogens is 6. The van der Waals surface area contributed by atoms with E-state index in [0.717, 1.165) is 5.56 Å². The van der Waals surface area contributed by atoms with Crippen LogP contribution in [0.5, 0.6) is 0 Å². The Kier molecular flexibility index (Phi) is 5.27. The first-order chi connectivity index (χ1) is 9.43. The highest BCUT2D eigenvalue weighted by molar-refractivity contribution is 5.32. The van der Waals surface area contributed by atoms with Crippen LogP contribution in [0, 0.1) is 13.8 Å². The molecule has 2 nitrogen and oxygen atoms in total. The van der Waals surface area contributed by atoms with Crippen LogP contribution in [0.4, 0.5) is 26.3 Å². The van der Waals surface area contributed by atoms with Crippen LogP contribution >= 0.6 is 0 Å². The zero-order valence-electron chi connectivity index (χ0n) is 11.3. The third-order valence-corrected chi connectivity index (χ3v) is 2.86. The fourth-order valence-electron chi connectivity index (χ4n) is 1.91.